The van der Waals surface area contributed by atoms with Crippen LogP contribution in [-0.2, 0) is 17.8 Å². The summed E-state index contributed by atoms with van der Waals surface area (Å²) in [5.74, 6) is -0.124. The molecule has 0 spiro atoms. The van der Waals surface area contributed by atoms with Crippen molar-refractivity contribution in [2.45, 2.75) is 19.9 Å². The van der Waals surface area contributed by atoms with Crippen LogP contribution < -0.4 is 5.32 Å². The summed E-state index contributed by atoms with van der Waals surface area (Å²) >= 11 is 1.37. The van der Waals surface area contributed by atoms with Crippen LogP contribution in [0.3, 0.4) is 0 Å². The largest absolute Gasteiger partial charge is 0.481 e. The normalized spacial score (nSPS) is 10.4. The van der Waals surface area contributed by atoms with Gasteiger partial charge in [0.2, 0.25) is 0 Å². The van der Waals surface area contributed by atoms with Crippen LogP contribution in [0.2, 0.25) is 0 Å². The zero-order chi connectivity index (χ0) is 12.3. The second-order valence-corrected chi connectivity index (χ2v) is 4.36. The molecule has 6 nitrogen and oxygen atoms in total. The molecule has 0 aromatic carbocycles. The predicted molar refractivity (Wildman–Crippen MR) is 62.0 cm³/mol. The summed E-state index contributed by atoms with van der Waals surface area (Å²) < 4.78 is 4.93. The maximum absolute atomic E-state index is 10.5. The number of carboxylic acid groups (broad SMARTS) is 1. The van der Waals surface area contributed by atoms with Gasteiger partial charge in [-0.05, 0) is 6.92 Å². The number of carbonyl (C=O) groups is 1. The van der Waals surface area contributed by atoms with E-state index in [0.29, 0.717) is 17.4 Å². The maximum Gasteiger partial charge on any atom is 0.309 e. The summed E-state index contributed by atoms with van der Waals surface area (Å²) in [6.07, 6.45) is -0.0543. The number of aryl methyl sites for hydroxylation is 1. The summed E-state index contributed by atoms with van der Waals surface area (Å²) in [7, 11) is 0. The van der Waals surface area contributed by atoms with Crippen molar-refractivity contribution in [3.05, 3.63) is 28.6 Å². The fourth-order valence-corrected chi connectivity index (χ4v) is 2.00. The number of aliphatic carboxylic acids is 1. The molecule has 0 aliphatic heterocycles. The number of nitrogens with one attached hydrogen (secondary N) is 1. The molecule has 0 radical (unpaired) electrons. The Morgan fingerprint density at radius 2 is 2.41 bits per heavy atom. The van der Waals surface area contributed by atoms with Gasteiger partial charge in [0, 0.05) is 11.4 Å². The van der Waals surface area contributed by atoms with Gasteiger partial charge >= 0.3 is 5.97 Å². The highest BCUT2D eigenvalue weighted by Gasteiger charge is 2.06. The number of nitrogens with zero attached hydrogens (tertiary/aromatic N) is 2. The molecule has 0 saturated heterocycles. The zero-order valence-corrected chi connectivity index (χ0v) is 9.95. The lowest BCUT2D eigenvalue weighted by molar-refractivity contribution is -0.136. The van der Waals surface area contributed by atoms with E-state index in [1.54, 1.807) is 5.38 Å². The molecule has 17 heavy (non-hydrogen) atoms. The molecule has 0 aliphatic rings. The van der Waals surface area contributed by atoms with E-state index in [2.05, 4.69) is 15.5 Å². The highest BCUT2D eigenvalue weighted by Crippen LogP contribution is 2.16. The third-order valence-electron chi connectivity index (χ3n) is 1.98. The average molecular weight is 253 g/mol. The molecule has 0 amide bonds. The van der Waals surface area contributed by atoms with Crippen molar-refractivity contribution < 1.29 is 14.4 Å². The zero-order valence-electron chi connectivity index (χ0n) is 9.14. The third kappa shape index (κ3) is 3.28. The first-order chi connectivity index (χ1) is 8.13. The molecule has 0 atom stereocenters. The molecular weight excluding hydrogens is 242 g/mol. The van der Waals surface area contributed by atoms with Crippen LogP contribution in [-0.4, -0.2) is 21.2 Å². The SMILES string of the molecule is Cc1cc(CNc2nc(CC(=O)O)cs2)no1. The molecule has 0 unspecified atom stereocenters. The van der Waals surface area contributed by atoms with Gasteiger partial charge in [-0.2, -0.15) is 0 Å². The smallest absolute Gasteiger partial charge is 0.309 e. The lowest BCUT2D eigenvalue weighted by atomic mass is 10.3. The van der Waals surface area contributed by atoms with E-state index in [1.807, 2.05) is 13.0 Å². The van der Waals surface area contributed by atoms with E-state index in [-0.39, 0.29) is 6.42 Å². The summed E-state index contributed by atoms with van der Waals surface area (Å²) in [5, 5.41) is 17.9. The number of hydrogen-bond acceptors (Lipinski definition) is 6. The van der Waals surface area contributed by atoms with E-state index in [9.17, 15) is 4.79 Å². The fourth-order valence-electron chi connectivity index (χ4n) is 1.29. The first-order valence-corrected chi connectivity index (χ1v) is 5.83. The van der Waals surface area contributed by atoms with E-state index in [4.69, 9.17) is 9.63 Å². The second-order valence-electron chi connectivity index (χ2n) is 3.50. The molecule has 90 valence electrons. The maximum atomic E-state index is 10.5. The van der Waals surface area contributed by atoms with Crippen molar-refractivity contribution in [2.75, 3.05) is 5.32 Å². The quantitative estimate of drug-likeness (QED) is 0.842. The topological polar surface area (TPSA) is 88.2 Å². The van der Waals surface area contributed by atoms with Gasteiger partial charge in [0.05, 0.1) is 18.7 Å². The number of aromatic nitrogens is 2. The van der Waals surface area contributed by atoms with Crippen molar-refractivity contribution in [3.63, 3.8) is 0 Å². The third-order valence-corrected chi connectivity index (χ3v) is 2.83. The van der Waals surface area contributed by atoms with Crippen molar-refractivity contribution in [1.29, 1.82) is 0 Å². The summed E-state index contributed by atoms with van der Waals surface area (Å²) in [5.41, 5.74) is 1.35. The van der Waals surface area contributed by atoms with Gasteiger partial charge in [-0.1, -0.05) is 5.16 Å². The number of hydrogen-bond donors (Lipinski definition) is 2. The Balaban J connectivity index is 1.91. The van der Waals surface area contributed by atoms with Gasteiger partial charge < -0.3 is 14.9 Å². The van der Waals surface area contributed by atoms with E-state index in [0.717, 1.165) is 11.5 Å². The minimum absolute atomic E-state index is 0.0543. The minimum atomic E-state index is -0.881. The van der Waals surface area contributed by atoms with Crippen LogP contribution in [0.5, 0.6) is 0 Å². The molecule has 0 saturated carbocycles. The van der Waals surface area contributed by atoms with E-state index < -0.39 is 5.97 Å². The van der Waals surface area contributed by atoms with Gasteiger partial charge in [0.25, 0.3) is 0 Å². The van der Waals surface area contributed by atoms with Crippen molar-refractivity contribution in [3.8, 4) is 0 Å². The second kappa shape index (κ2) is 4.96. The number of anilines is 1. The molecule has 0 aliphatic carbocycles. The highest BCUT2D eigenvalue weighted by molar-refractivity contribution is 7.13. The van der Waals surface area contributed by atoms with Crippen molar-refractivity contribution >= 4 is 22.4 Å². The van der Waals surface area contributed by atoms with Crippen molar-refractivity contribution in [2.24, 2.45) is 0 Å². The Morgan fingerprint density at radius 3 is 3.06 bits per heavy atom. The minimum Gasteiger partial charge on any atom is -0.481 e. The predicted octanol–water partition coefficient (Wildman–Crippen LogP) is 1.68. The first-order valence-electron chi connectivity index (χ1n) is 4.96. The van der Waals surface area contributed by atoms with E-state index >= 15 is 0 Å². The Hall–Kier alpha value is -1.89. The fraction of sp³-hybridized carbons (Fsp3) is 0.300. The highest BCUT2D eigenvalue weighted by atomic mass is 32.1. The molecule has 2 heterocycles. The Bertz CT molecular complexity index is 520. The number of carboxylic acids is 1. The molecule has 7 heteroatoms. The molecular formula is C10H11N3O3S. The van der Waals surface area contributed by atoms with Gasteiger partial charge in [-0.15, -0.1) is 11.3 Å². The van der Waals surface area contributed by atoms with Gasteiger partial charge in [-0.25, -0.2) is 4.98 Å². The van der Waals surface area contributed by atoms with Crippen LogP contribution in [0, 0.1) is 6.92 Å². The number of rotatable bonds is 5. The molecule has 2 aromatic rings. The first kappa shape index (κ1) is 11.6. The average Bonchev–Trinajstić information content (AvgIpc) is 2.84. The number of thiazole rings is 1. The Labute approximate surface area is 101 Å². The van der Waals surface area contributed by atoms with Crippen LogP contribution >= 0.6 is 11.3 Å². The van der Waals surface area contributed by atoms with Crippen molar-refractivity contribution in [1.82, 2.24) is 10.1 Å². The standard InChI is InChI=1S/C10H11N3O3S/c1-6-2-7(13-16-6)4-11-10-12-8(5-17-10)3-9(14)15/h2,5H,3-4H2,1H3,(H,11,12)(H,14,15). The molecule has 0 fully saturated rings. The van der Waals surface area contributed by atoms with Gasteiger partial charge in [0.1, 0.15) is 11.5 Å². The van der Waals surface area contributed by atoms with Crippen LogP contribution in [0.15, 0.2) is 16.0 Å². The molecule has 2 N–H and O–H groups in total. The summed E-state index contributed by atoms with van der Waals surface area (Å²) in [6.45, 7) is 2.34. The summed E-state index contributed by atoms with van der Waals surface area (Å²) in [6, 6.07) is 1.83. The monoisotopic (exact) mass is 253 g/mol. The van der Waals surface area contributed by atoms with Gasteiger partial charge in [0.15, 0.2) is 5.13 Å². The van der Waals surface area contributed by atoms with Crippen LogP contribution in [0.1, 0.15) is 17.1 Å². The molecule has 2 aromatic heterocycles. The lowest BCUT2D eigenvalue weighted by Gasteiger charge is -1.97. The summed E-state index contributed by atoms with van der Waals surface area (Å²) in [4.78, 5) is 14.6. The molecule has 0 bridgehead atoms. The van der Waals surface area contributed by atoms with Crippen LogP contribution in [0.4, 0.5) is 5.13 Å². The van der Waals surface area contributed by atoms with E-state index in [1.165, 1.54) is 11.3 Å². The van der Waals surface area contributed by atoms with Crippen LogP contribution in [0.25, 0.3) is 0 Å². The molecule has 2 rings (SSSR count). The Morgan fingerprint density at radius 1 is 1.59 bits per heavy atom. The van der Waals surface area contributed by atoms with Gasteiger partial charge in [-0.3, -0.25) is 4.79 Å². The Kier molecular flexibility index (Phi) is 3.38. The lowest BCUT2D eigenvalue weighted by Crippen LogP contribution is -2.02.